The van der Waals surface area contributed by atoms with Crippen molar-refractivity contribution in [3.63, 3.8) is 0 Å². The molecule has 7 nitrogen and oxygen atoms in total. The molecule has 1 aliphatic heterocycles. The number of nitrogens with zero attached hydrogens (tertiary/aromatic N) is 3. The van der Waals surface area contributed by atoms with Crippen molar-refractivity contribution < 1.29 is 9.21 Å². The molecule has 1 atom stereocenters. The van der Waals surface area contributed by atoms with Crippen LogP contribution in [0.15, 0.2) is 39.9 Å². The Morgan fingerprint density at radius 1 is 1.52 bits per heavy atom. The molecule has 0 spiro atoms. The second-order valence-corrected chi connectivity index (χ2v) is 5.76. The van der Waals surface area contributed by atoms with Gasteiger partial charge in [0.15, 0.2) is 0 Å². The zero-order valence-corrected chi connectivity index (χ0v) is 13.1. The van der Waals surface area contributed by atoms with Crippen LogP contribution < -0.4 is 15.8 Å². The zero-order chi connectivity index (χ0) is 16.2. The third-order valence-electron chi connectivity index (χ3n) is 4.13. The van der Waals surface area contributed by atoms with Crippen molar-refractivity contribution in [3.8, 4) is 0 Å². The minimum absolute atomic E-state index is 0.0166. The molecular formula is C16H20N4O3. The van der Waals surface area contributed by atoms with Gasteiger partial charge in [-0.25, -0.2) is 4.68 Å². The Kier molecular flexibility index (Phi) is 4.45. The topological polar surface area (TPSA) is 80.4 Å². The van der Waals surface area contributed by atoms with Crippen molar-refractivity contribution in [2.24, 2.45) is 13.0 Å². The highest BCUT2D eigenvalue weighted by Gasteiger charge is 2.26. The quantitative estimate of drug-likeness (QED) is 0.907. The molecule has 23 heavy (non-hydrogen) atoms. The van der Waals surface area contributed by atoms with E-state index in [2.05, 4.69) is 15.3 Å². The van der Waals surface area contributed by atoms with Gasteiger partial charge >= 0.3 is 0 Å². The second-order valence-electron chi connectivity index (χ2n) is 5.76. The summed E-state index contributed by atoms with van der Waals surface area (Å²) in [6.07, 6.45) is 5.02. The Hall–Kier alpha value is -2.57. The highest BCUT2D eigenvalue weighted by Crippen LogP contribution is 2.21. The second kappa shape index (κ2) is 6.68. The van der Waals surface area contributed by atoms with Gasteiger partial charge < -0.3 is 14.6 Å². The van der Waals surface area contributed by atoms with E-state index >= 15 is 0 Å². The van der Waals surface area contributed by atoms with Crippen LogP contribution >= 0.6 is 0 Å². The summed E-state index contributed by atoms with van der Waals surface area (Å²) in [5.74, 6) is 0.660. The lowest BCUT2D eigenvalue weighted by atomic mass is 9.97. The SMILES string of the molecule is Cn1ncc(N2CCC[C@H](C(=O)NCc3ccco3)C2)cc1=O. The molecule has 1 N–H and O–H groups in total. The van der Waals surface area contributed by atoms with Gasteiger partial charge in [-0.1, -0.05) is 0 Å². The summed E-state index contributed by atoms with van der Waals surface area (Å²) >= 11 is 0. The summed E-state index contributed by atoms with van der Waals surface area (Å²) in [6, 6.07) is 5.20. The summed E-state index contributed by atoms with van der Waals surface area (Å²) in [6.45, 7) is 1.82. The van der Waals surface area contributed by atoms with Crippen molar-refractivity contribution in [3.05, 3.63) is 46.8 Å². The molecule has 1 saturated heterocycles. The van der Waals surface area contributed by atoms with E-state index in [1.54, 1.807) is 31.6 Å². The standard InChI is InChI=1S/C16H20N4O3/c1-19-15(21)8-13(9-18-19)20-6-2-4-12(11-20)16(22)17-10-14-5-3-7-23-14/h3,5,7-9,12H,2,4,6,10-11H2,1H3,(H,17,22)/t12-/m0/s1. The number of anilines is 1. The maximum Gasteiger partial charge on any atom is 0.268 e. The van der Waals surface area contributed by atoms with E-state index in [0.29, 0.717) is 13.1 Å². The van der Waals surface area contributed by atoms with Crippen LogP contribution in [0.25, 0.3) is 0 Å². The molecule has 1 fully saturated rings. The zero-order valence-electron chi connectivity index (χ0n) is 13.1. The largest absolute Gasteiger partial charge is 0.467 e. The van der Waals surface area contributed by atoms with Gasteiger partial charge in [0.1, 0.15) is 5.76 Å². The van der Waals surface area contributed by atoms with E-state index in [1.165, 1.54) is 4.68 Å². The van der Waals surface area contributed by atoms with Gasteiger partial charge in [0.25, 0.3) is 5.56 Å². The monoisotopic (exact) mass is 316 g/mol. The maximum atomic E-state index is 12.3. The van der Waals surface area contributed by atoms with Gasteiger partial charge in [-0.2, -0.15) is 5.10 Å². The number of aromatic nitrogens is 2. The van der Waals surface area contributed by atoms with Gasteiger partial charge in [0.05, 0.1) is 30.6 Å². The number of amides is 1. The van der Waals surface area contributed by atoms with E-state index in [-0.39, 0.29) is 17.4 Å². The molecule has 0 saturated carbocycles. The summed E-state index contributed by atoms with van der Waals surface area (Å²) in [5, 5.41) is 6.95. The highest BCUT2D eigenvalue weighted by atomic mass is 16.3. The van der Waals surface area contributed by atoms with Gasteiger partial charge in [0, 0.05) is 26.2 Å². The molecule has 0 aromatic carbocycles. The number of furan rings is 1. The van der Waals surface area contributed by atoms with Gasteiger partial charge in [-0.15, -0.1) is 0 Å². The number of nitrogens with one attached hydrogen (secondary N) is 1. The first-order chi connectivity index (χ1) is 11.1. The number of hydrogen-bond donors (Lipinski definition) is 1. The fourth-order valence-electron chi connectivity index (χ4n) is 2.79. The number of carbonyl (C=O) groups excluding carboxylic acids is 1. The molecule has 122 valence electrons. The van der Waals surface area contributed by atoms with Crippen LogP contribution in [0.1, 0.15) is 18.6 Å². The average Bonchev–Trinajstić information content (AvgIpc) is 3.09. The van der Waals surface area contributed by atoms with Crippen LogP contribution in [-0.4, -0.2) is 28.8 Å². The predicted octanol–water partition coefficient (Wildman–Crippen LogP) is 0.906. The predicted molar refractivity (Wildman–Crippen MR) is 85.0 cm³/mol. The third-order valence-corrected chi connectivity index (χ3v) is 4.13. The fourth-order valence-corrected chi connectivity index (χ4v) is 2.79. The normalized spacial score (nSPS) is 18.0. The van der Waals surface area contributed by atoms with Crippen LogP contribution in [0.3, 0.4) is 0 Å². The Bertz CT molecular complexity index is 723. The Balaban J connectivity index is 1.62. The lowest BCUT2D eigenvalue weighted by Gasteiger charge is -2.33. The molecule has 1 amide bonds. The van der Waals surface area contributed by atoms with E-state index in [4.69, 9.17) is 4.42 Å². The van der Waals surface area contributed by atoms with Crippen LogP contribution in [0.5, 0.6) is 0 Å². The number of hydrogen-bond acceptors (Lipinski definition) is 5. The fraction of sp³-hybridized carbons (Fsp3) is 0.438. The molecule has 0 unspecified atom stereocenters. The summed E-state index contributed by atoms with van der Waals surface area (Å²) in [4.78, 5) is 26.1. The number of piperidine rings is 1. The third kappa shape index (κ3) is 3.61. The smallest absolute Gasteiger partial charge is 0.268 e. The van der Waals surface area contributed by atoms with Crippen molar-refractivity contribution in [2.45, 2.75) is 19.4 Å². The van der Waals surface area contributed by atoms with Crippen molar-refractivity contribution in [2.75, 3.05) is 18.0 Å². The van der Waals surface area contributed by atoms with Crippen LogP contribution in [0, 0.1) is 5.92 Å². The lowest BCUT2D eigenvalue weighted by molar-refractivity contribution is -0.125. The number of rotatable bonds is 4. The van der Waals surface area contributed by atoms with Crippen LogP contribution in [0.4, 0.5) is 5.69 Å². The molecule has 0 bridgehead atoms. The van der Waals surface area contributed by atoms with Gasteiger partial charge in [-0.3, -0.25) is 9.59 Å². The van der Waals surface area contributed by atoms with Crippen molar-refractivity contribution in [1.82, 2.24) is 15.1 Å². The van der Waals surface area contributed by atoms with E-state index in [1.807, 2.05) is 6.07 Å². The first kappa shape index (κ1) is 15.3. The van der Waals surface area contributed by atoms with Crippen molar-refractivity contribution >= 4 is 11.6 Å². The summed E-state index contributed by atoms with van der Waals surface area (Å²) in [5.41, 5.74) is 0.628. The molecule has 1 aliphatic rings. The molecule has 3 heterocycles. The average molecular weight is 316 g/mol. The molecule has 7 heteroatoms. The van der Waals surface area contributed by atoms with Crippen LogP contribution in [-0.2, 0) is 18.4 Å². The highest BCUT2D eigenvalue weighted by molar-refractivity contribution is 5.79. The maximum absolute atomic E-state index is 12.3. The molecular weight excluding hydrogens is 296 g/mol. The first-order valence-corrected chi connectivity index (χ1v) is 7.72. The molecule has 2 aromatic rings. The van der Waals surface area contributed by atoms with E-state index < -0.39 is 0 Å². The Morgan fingerprint density at radius 3 is 3.13 bits per heavy atom. The van der Waals surface area contributed by atoms with Crippen LogP contribution in [0.2, 0.25) is 0 Å². The Labute approximate surface area is 133 Å². The first-order valence-electron chi connectivity index (χ1n) is 7.72. The number of aryl methyl sites for hydroxylation is 1. The molecule has 2 aromatic heterocycles. The summed E-state index contributed by atoms with van der Waals surface area (Å²) in [7, 11) is 1.62. The lowest BCUT2D eigenvalue weighted by Crippen LogP contribution is -2.43. The van der Waals surface area contributed by atoms with Gasteiger partial charge in [0.2, 0.25) is 5.91 Å². The Morgan fingerprint density at radius 2 is 2.39 bits per heavy atom. The van der Waals surface area contributed by atoms with E-state index in [0.717, 1.165) is 30.8 Å². The molecule has 0 aliphatic carbocycles. The molecule has 3 rings (SSSR count). The van der Waals surface area contributed by atoms with Gasteiger partial charge in [-0.05, 0) is 25.0 Å². The molecule has 0 radical (unpaired) electrons. The minimum Gasteiger partial charge on any atom is -0.467 e. The van der Waals surface area contributed by atoms with E-state index in [9.17, 15) is 9.59 Å². The van der Waals surface area contributed by atoms with Crippen molar-refractivity contribution in [1.29, 1.82) is 0 Å². The summed E-state index contributed by atoms with van der Waals surface area (Å²) < 4.78 is 6.51. The minimum atomic E-state index is -0.146. The number of carbonyl (C=O) groups is 1.